The van der Waals surface area contributed by atoms with E-state index in [-0.39, 0.29) is 11.8 Å². The quantitative estimate of drug-likeness (QED) is 0.797. The smallest absolute Gasteiger partial charge is 0.236 e. The van der Waals surface area contributed by atoms with E-state index in [0.29, 0.717) is 25.9 Å². The van der Waals surface area contributed by atoms with Gasteiger partial charge in [0.15, 0.2) is 0 Å². The lowest BCUT2D eigenvalue weighted by Crippen LogP contribution is -2.50. The van der Waals surface area contributed by atoms with E-state index >= 15 is 0 Å². The Morgan fingerprint density at radius 1 is 1.00 bits per heavy atom. The Hall–Kier alpha value is -1.70. The van der Waals surface area contributed by atoms with Crippen molar-refractivity contribution in [3.8, 4) is 0 Å². The van der Waals surface area contributed by atoms with Crippen LogP contribution in [0.3, 0.4) is 0 Å². The molecule has 2 aliphatic rings. The monoisotopic (exact) mass is 377 g/mol. The van der Waals surface area contributed by atoms with Gasteiger partial charge in [0, 0.05) is 50.6 Å². The Kier molecular flexibility index (Phi) is 6.11. The molecule has 2 fully saturated rings. The van der Waals surface area contributed by atoms with Gasteiger partial charge in [-0.05, 0) is 31.5 Å². The fourth-order valence-corrected chi connectivity index (χ4v) is 4.68. The molecule has 0 saturated carbocycles. The summed E-state index contributed by atoms with van der Waals surface area (Å²) in [4.78, 5) is 16.8. The predicted molar refractivity (Wildman–Crippen MR) is 103 cm³/mol. The summed E-state index contributed by atoms with van der Waals surface area (Å²) in [5, 5.41) is 1.27. The molecule has 2 saturated heterocycles. The van der Waals surface area contributed by atoms with Gasteiger partial charge in [-0.2, -0.15) is 4.31 Å². The third kappa shape index (κ3) is 4.72. The number of benzene rings is 1. The van der Waals surface area contributed by atoms with Crippen LogP contribution in [0.4, 0.5) is 0 Å². The molecule has 0 unspecified atom stereocenters. The normalized spacial score (nSPS) is 21.3. The number of hydrogen-bond donors (Lipinski definition) is 0. The van der Waals surface area contributed by atoms with Gasteiger partial charge in [-0.15, -0.1) is 0 Å². The van der Waals surface area contributed by atoms with Crippen LogP contribution in [0.25, 0.3) is 6.08 Å². The van der Waals surface area contributed by atoms with E-state index < -0.39 is 10.0 Å². The van der Waals surface area contributed by atoms with Crippen LogP contribution in [0.2, 0.25) is 0 Å². The number of carbonyl (C=O) groups is 1. The molecule has 142 valence electrons. The standard InChI is InChI=1S/C19H27N3O3S/c1-20-12-14-21(15-13-20)19(23)18-7-10-22(11-8-18)26(24,25)16-9-17-5-3-2-4-6-17/h2-6,9,16,18H,7-8,10-15H2,1H3. The van der Waals surface area contributed by atoms with Crippen molar-refractivity contribution in [2.75, 3.05) is 46.3 Å². The lowest BCUT2D eigenvalue weighted by atomic mass is 9.96. The van der Waals surface area contributed by atoms with Crippen molar-refractivity contribution in [1.82, 2.24) is 14.1 Å². The fraction of sp³-hybridized carbons (Fsp3) is 0.526. The number of amides is 1. The van der Waals surface area contributed by atoms with E-state index in [4.69, 9.17) is 0 Å². The molecule has 0 radical (unpaired) electrons. The Bertz CT molecular complexity index is 733. The third-order valence-electron chi connectivity index (χ3n) is 5.21. The van der Waals surface area contributed by atoms with Crippen LogP contribution in [-0.4, -0.2) is 74.7 Å². The zero-order valence-corrected chi connectivity index (χ0v) is 16.1. The van der Waals surface area contributed by atoms with Gasteiger partial charge in [-0.1, -0.05) is 30.3 Å². The van der Waals surface area contributed by atoms with Crippen LogP contribution in [0.1, 0.15) is 18.4 Å². The van der Waals surface area contributed by atoms with E-state index in [1.165, 1.54) is 9.71 Å². The third-order valence-corrected chi connectivity index (χ3v) is 6.77. The van der Waals surface area contributed by atoms with Crippen LogP contribution in [0.15, 0.2) is 35.7 Å². The molecule has 6 nitrogen and oxygen atoms in total. The zero-order chi connectivity index (χ0) is 18.6. The lowest BCUT2D eigenvalue weighted by molar-refractivity contribution is -0.138. The van der Waals surface area contributed by atoms with Crippen molar-refractivity contribution in [1.29, 1.82) is 0 Å². The Morgan fingerprint density at radius 3 is 2.23 bits per heavy atom. The molecule has 3 rings (SSSR count). The van der Waals surface area contributed by atoms with Gasteiger partial charge in [-0.3, -0.25) is 4.79 Å². The fourth-order valence-electron chi connectivity index (χ4n) is 3.46. The predicted octanol–water partition coefficient (Wildman–Crippen LogP) is 1.47. The molecule has 0 aliphatic carbocycles. The highest BCUT2D eigenvalue weighted by molar-refractivity contribution is 7.92. The summed E-state index contributed by atoms with van der Waals surface area (Å²) in [7, 11) is -1.38. The Morgan fingerprint density at radius 2 is 1.62 bits per heavy atom. The summed E-state index contributed by atoms with van der Waals surface area (Å²) in [5.41, 5.74) is 0.858. The number of piperazine rings is 1. The van der Waals surface area contributed by atoms with E-state index in [9.17, 15) is 13.2 Å². The van der Waals surface area contributed by atoms with Crippen molar-refractivity contribution in [3.63, 3.8) is 0 Å². The molecule has 0 N–H and O–H groups in total. The Labute approximate surface area is 156 Å². The maximum absolute atomic E-state index is 12.7. The minimum absolute atomic E-state index is 0.0528. The summed E-state index contributed by atoms with van der Waals surface area (Å²) < 4.78 is 26.5. The van der Waals surface area contributed by atoms with Crippen molar-refractivity contribution < 1.29 is 13.2 Å². The molecule has 2 aliphatic heterocycles. The molecular weight excluding hydrogens is 350 g/mol. The Balaban J connectivity index is 1.54. The molecule has 1 aromatic rings. The SMILES string of the molecule is CN1CCN(C(=O)C2CCN(S(=O)(=O)C=Cc3ccccc3)CC2)CC1. The topological polar surface area (TPSA) is 60.9 Å². The summed E-state index contributed by atoms with van der Waals surface area (Å²) in [5.74, 6) is 0.137. The first-order chi connectivity index (χ1) is 12.5. The van der Waals surface area contributed by atoms with Crippen LogP contribution in [0.5, 0.6) is 0 Å². The van der Waals surface area contributed by atoms with Crippen molar-refractivity contribution in [3.05, 3.63) is 41.3 Å². The number of sulfonamides is 1. The second kappa shape index (κ2) is 8.33. The first-order valence-electron chi connectivity index (χ1n) is 9.16. The van der Waals surface area contributed by atoms with Gasteiger partial charge >= 0.3 is 0 Å². The molecule has 0 spiro atoms. The maximum Gasteiger partial charge on any atom is 0.236 e. The number of rotatable bonds is 4. The van der Waals surface area contributed by atoms with Crippen LogP contribution >= 0.6 is 0 Å². The molecule has 0 atom stereocenters. The molecule has 7 heteroatoms. The number of hydrogen-bond acceptors (Lipinski definition) is 4. The molecular formula is C19H27N3O3S. The van der Waals surface area contributed by atoms with E-state index in [1.54, 1.807) is 6.08 Å². The van der Waals surface area contributed by atoms with Crippen molar-refractivity contribution in [2.24, 2.45) is 5.92 Å². The molecule has 1 aromatic carbocycles. The van der Waals surface area contributed by atoms with Crippen LogP contribution in [-0.2, 0) is 14.8 Å². The highest BCUT2D eigenvalue weighted by Crippen LogP contribution is 2.23. The lowest BCUT2D eigenvalue weighted by Gasteiger charge is -2.37. The maximum atomic E-state index is 12.7. The van der Waals surface area contributed by atoms with E-state index in [1.807, 2.05) is 35.2 Å². The van der Waals surface area contributed by atoms with Crippen LogP contribution < -0.4 is 0 Å². The second-order valence-corrected chi connectivity index (χ2v) is 8.88. The summed E-state index contributed by atoms with van der Waals surface area (Å²) in [6.07, 6.45) is 2.82. The number of piperidine rings is 1. The largest absolute Gasteiger partial charge is 0.340 e. The minimum atomic E-state index is -3.44. The van der Waals surface area contributed by atoms with Gasteiger partial charge < -0.3 is 9.80 Å². The minimum Gasteiger partial charge on any atom is -0.340 e. The second-order valence-electron chi connectivity index (χ2n) is 7.06. The van der Waals surface area contributed by atoms with Crippen LogP contribution in [0, 0.1) is 5.92 Å². The summed E-state index contributed by atoms with van der Waals surface area (Å²) >= 11 is 0. The number of nitrogens with zero attached hydrogens (tertiary/aromatic N) is 3. The average Bonchev–Trinajstić information content (AvgIpc) is 2.67. The van der Waals surface area contributed by atoms with Gasteiger partial charge in [0.25, 0.3) is 0 Å². The number of carbonyl (C=O) groups excluding carboxylic acids is 1. The van der Waals surface area contributed by atoms with Gasteiger partial charge in [0.2, 0.25) is 15.9 Å². The highest BCUT2D eigenvalue weighted by Gasteiger charge is 2.32. The van der Waals surface area contributed by atoms with E-state index in [2.05, 4.69) is 11.9 Å². The average molecular weight is 378 g/mol. The molecule has 26 heavy (non-hydrogen) atoms. The first-order valence-corrected chi connectivity index (χ1v) is 10.7. The summed E-state index contributed by atoms with van der Waals surface area (Å²) in [6.45, 7) is 4.17. The van der Waals surface area contributed by atoms with E-state index in [0.717, 1.165) is 31.7 Å². The molecule has 1 amide bonds. The zero-order valence-electron chi connectivity index (χ0n) is 15.3. The van der Waals surface area contributed by atoms with Crippen molar-refractivity contribution in [2.45, 2.75) is 12.8 Å². The van der Waals surface area contributed by atoms with Gasteiger partial charge in [-0.25, -0.2) is 8.42 Å². The van der Waals surface area contributed by atoms with Gasteiger partial charge in [0.05, 0.1) is 0 Å². The van der Waals surface area contributed by atoms with Gasteiger partial charge in [0.1, 0.15) is 0 Å². The molecule has 0 aromatic heterocycles. The van der Waals surface area contributed by atoms with Crippen molar-refractivity contribution >= 4 is 22.0 Å². The molecule has 2 heterocycles. The molecule has 0 bridgehead atoms. The highest BCUT2D eigenvalue weighted by atomic mass is 32.2. The number of likely N-dealkylation sites (N-methyl/N-ethyl adjacent to an activating group) is 1. The summed E-state index contributed by atoms with van der Waals surface area (Å²) in [6, 6.07) is 9.39. The first kappa shape index (κ1) is 19.1.